The highest BCUT2D eigenvalue weighted by Crippen LogP contribution is 2.35. The van der Waals surface area contributed by atoms with Gasteiger partial charge in [-0.15, -0.1) is 11.3 Å². The lowest BCUT2D eigenvalue weighted by molar-refractivity contribution is -0.694. The molecule has 1 aliphatic rings. The predicted molar refractivity (Wildman–Crippen MR) is 123 cm³/mol. The number of nitrogens with zero attached hydrogens (tertiary/aromatic N) is 2. The second kappa shape index (κ2) is 8.00. The molecule has 30 heavy (non-hydrogen) atoms. The van der Waals surface area contributed by atoms with E-state index in [0.29, 0.717) is 5.92 Å². The summed E-state index contributed by atoms with van der Waals surface area (Å²) in [5.41, 5.74) is 2.59. The van der Waals surface area contributed by atoms with E-state index in [2.05, 4.69) is 65.2 Å². The van der Waals surface area contributed by atoms with Crippen molar-refractivity contribution in [1.29, 1.82) is 0 Å². The number of nitrogens with one attached hydrogen (secondary N) is 1. The fourth-order valence-corrected chi connectivity index (χ4v) is 6.05. The SMILES string of the molecule is C[C@H]1CCc2c(sc3nc([C@H](C)[NH2+]CCCn4ccc5ccccc54)[nH]c(=O)c23)C1. The van der Waals surface area contributed by atoms with E-state index < -0.39 is 0 Å². The first-order chi connectivity index (χ1) is 14.6. The molecule has 6 heteroatoms. The Morgan fingerprint density at radius 2 is 2.20 bits per heavy atom. The number of benzene rings is 1. The van der Waals surface area contributed by atoms with Crippen LogP contribution in [0.3, 0.4) is 0 Å². The van der Waals surface area contributed by atoms with Crippen molar-refractivity contribution in [2.24, 2.45) is 5.92 Å². The number of aryl methyl sites for hydroxylation is 2. The van der Waals surface area contributed by atoms with E-state index in [9.17, 15) is 4.79 Å². The molecular weight excluding hydrogens is 392 g/mol. The van der Waals surface area contributed by atoms with Gasteiger partial charge < -0.3 is 14.9 Å². The van der Waals surface area contributed by atoms with Gasteiger partial charge in [0.1, 0.15) is 10.9 Å². The molecule has 0 fully saturated rings. The monoisotopic (exact) mass is 421 g/mol. The molecule has 5 nitrogen and oxygen atoms in total. The molecule has 3 N–H and O–H groups in total. The van der Waals surface area contributed by atoms with Gasteiger partial charge in [-0.25, -0.2) is 4.98 Å². The van der Waals surface area contributed by atoms with Crippen molar-refractivity contribution in [2.45, 2.75) is 52.1 Å². The Balaban J connectivity index is 1.26. The van der Waals surface area contributed by atoms with Crippen LogP contribution in [0.25, 0.3) is 21.1 Å². The standard InChI is InChI=1S/C24H28N4OS/c1-15-8-9-18-20(14-15)30-24-21(18)23(29)26-22(27-24)16(2)25-11-5-12-28-13-10-17-6-3-4-7-19(17)28/h3-4,6-7,10,13,15-16,25H,5,8-9,11-12,14H2,1-2H3,(H,26,27,29)/p+1/t15-,16-/m0/s1. The minimum Gasteiger partial charge on any atom is -0.347 e. The number of aromatic amines is 1. The van der Waals surface area contributed by atoms with Gasteiger partial charge in [0, 0.05) is 29.6 Å². The van der Waals surface area contributed by atoms with Gasteiger partial charge in [0.05, 0.1) is 11.9 Å². The fraction of sp³-hybridized carbons (Fsp3) is 0.417. The molecule has 0 aliphatic heterocycles. The van der Waals surface area contributed by atoms with Crippen LogP contribution in [0.4, 0.5) is 0 Å². The molecule has 4 aromatic rings. The number of quaternary nitrogens is 1. The average molecular weight is 422 g/mol. The number of nitrogens with two attached hydrogens (primary N) is 1. The first kappa shape index (κ1) is 19.5. The minimum absolute atomic E-state index is 0.0427. The van der Waals surface area contributed by atoms with Crippen LogP contribution in [0, 0.1) is 5.92 Å². The lowest BCUT2D eigenvalue weighted by Crippen LogP contribution is -2.85. The third-order valence-electron chi connectivity index (χ3n) is 6.42. The molecule has 1 aliphatic carbocycles. The maximum atomic E-state index is 12.8. The summed E-state index contributed by atoms with van der Waals surface area (Å²) < 4.78 is 2.32. The lowest BCUT2D eigenvalue weighted by atomic mass is 9.89. The summed E-state index contributed by atoms with van der Waals surface area (Å²) in [7, 11) is 0. The van der Waals surface area contributed by atoms with Gasteiger partial charge in [0.15, 0.2) is 5.82 Å². The molecule has 156 valence electrons. The van der Waals surface area contributed by atoms with Gasteiger partial charge in [-0.05, 0) is 55.2 Å². The van der Waals surface area contributed by atoms with Crippen LogP contribution >= 0.6 is 11.3 Å². The summed E-state index contributed by atoms with van der Waals surface area (Å²) in [5, 5.41) is 4.42. The van der Waals surface area contributed by atoms with Crippen LogP contribution < -0.4 is 10.9 Å². The molecule has 0 saturated carbocycles. The summed E-state index contributed by atoms with van der Waals surface area (Å²) in [4.78, 5) is 23.1. The van der Waals surface area contributed by atoms with Gasteiger partial charge in [-0.3, -0.25) is 4.79 Å². The van der Waals surface area contributed by atoms with E-state index in [0.717, 1.165) is 48.4 Å². The first-order valence-electron chi connectivity index (χ1n) is 11.0. The molecular formula is C24H29N4OS+. The second-order valence-corrected chi connectivity index (χ2v) is 9.80. The van der Waals surface area contributed by atoms with Crippen molar-refractivity contribution in [3.63, 3.8) is 0 Å². The Kier molecular flexibility index (Phi) is 5.21. The normalized spacial score (nSPS) is 17.5. The second-order valence-electron chi connectivity index (χ2n) is 8.72. The summed E-state index contributed by atoms with van der Waals surface area (Å²) in [6, 6.07) is 10.8. The van der Waals surface area contributed by atoms with Gasteiger partial charge in [0.2, 0.25) is 0 Å². The Hall–Kier alpha value is -2.44. The van der Waals surface area contributed by atoms with E-state index in [4.69, 9.17) is 4.98 Å². The Morgan fingerprint density at radius 1 is 1.33 bits per heavy atom. The summed E-state index contributed by atoms with van der Waals surface area (Å²) >= 11 is 1.73. The van der Waals surface area contributed by atoms with E-state index in [1.807, 2.05) is 0 Å². The summed E-state index contributed by atoms with van der Waals surface area (Å²) in [6.07, 6.45) is 6.50. The highest BCUT2D eigenvalue weighted by Gasteiger charge is 2.24. The van der Waals surface area contributed by atoms with Gasteiger partial charge in [-0.1, -0.05) is 25.1 Å². The Morgan fingerprint density at radius 3 is 3.10 bits per heavy atom. The third-order valence-corrected chi connectivity index (χ3v) is 7.57. The molecule has 5 rings (SSSR count). The Labute approximate surface area is 180 Å². The van der Waals surface area contributed by atoms with Crippen molar-refractivity contribution in [1.82, 2.24) is 14.5 Å². The average Bonchev–Trinajstić information content (AvgIpc) is 3.31. The maximum absolute atomic E-state index is 12.8. The zero-order valence-corrected chi connectivity index (χ0v) is 18.5. The van der Waals surface area contributed by atoms with E-state index >= 15 is 0 Å². The zero-order valence-electron chi connectivity index (χ0n) is 17.6. The highest BCUT2D eigenvalue weighted by atomic mass is 32.1. The number of rotatable bonds is 6. The van der Waals surface area contributed by atoms with Crippen molar-refractivity contribution in [3.05, 3.63) is 63.1 Å². The number of hydrogen-bond acceptors (Lipinski definition) is 3. The molecule has 3 aromatic heterocycles. The van der Waals surface area contributed by atoms with Crippen LogP contribution in [-0.4, -0.2) is 21.1 Å². The molecule has 3 heterocycles. The summed E-state index contributed by atoms with van der Waals surface area (Å²) in [6.45, 7) is 6.41. The van der Waals surface area contributed by atoms with Crippen LogP contribution in [0.15, 0.2) is 41.3 Å². The van der Waals surface area contributed by atoms with Crippen molar-refractivity contribution in [2.75, 3.05) is 6.54 Å². The first-order valence-corrected chi connectivity index (χ1v) is 11.8. The molecule has 0 spiro atoms. The third kappa shape index (κ3) is 3.59. The molecule has 2 atom stereocenters. The lowest BCUT2D eigenvalue weighted by Gasteiger charge is -2.17. The molecule has 1 aromatic carbocycles. The van der Waals surface area contributed by atoms with E-state index in [-0.39, 0.29) is 11.6 Å². The number of H-pyrrole nitrogens is 1. The highest BCUT2D eigenvalue weighted by molar-refractivity contribution is 7.18. The predicted octanol–water partition coefficient (Wildman–Crippen LogP) is 3.78. The number of hydrogen-bond donors (Lipinski definition) is 2. The van der Waals surface area contributed by atoms with Crippen LogP contribution in [0.5, 0.6) is 0 Å². The van der Waals surface area contributed by atoms with Crippen LogP contribution in [0.2, 0.25) is 0 Å². The molecule has 0 amide bonds. The van der Waals surface area contributed by atoms with Gasteiger partial charge >= 0.3 is 0 Å². The number of aromatic nitrogens is 3. The topological polar surface area (TPSA) is 67.3 Å². The molecule has 0 bridgehead atoms. The van der Waals surface area contributed by atoms with Crippen LogP contribution in [0.1, 0.15) is 49.0 Å². The number of para-hydroxylation sites is 1. The molecule has 0 radical (unpaired) electrons. The van der Waals surface area contributed by atoms with Crippen LogP contribution in [-0.2, 0) is 19.4 Å². The fourth-order valence-electron chi connectivity index (χ4n) is 4.66. The molecule has 0 saturated heterocycles. The Bertz CT molecular complexity index is 1250. The van der Waals surface area contributed by atoms with Crippen molar-refractivity contribution in [3.8, 4) is 0 Å². The summed E-state index contributed by atoms with van der Waals surface area (Å²) in [5.74, 6) is 1.50. The smallest absolute Gasteiger partial charge is 0.260 e. The van der Waals surface area contributed by atoms with Crippen molar-refractivity contribution < 1.29 is 5.32 Å². The largest absolute Gasteiger partial charge is 0.347 e. The van der Waals surface area contributed by atoms with Gasteiger partial charge in [0.25, 0.3) is 5.56 Å². The molecule has 0 unspecified atom stereocenters. The van der Waals surface area contributed by atoms with Crippen molar-refractivity contribution >= 4 is 32.5 Å². The quantitative estimate of drug-likeness (QED) is 0.465. The number of thiophene rings is 1. The van der Waals surface area contributed by atoms with Gasteiger partial charge in [-0.2, -0.15) is 0 Å². The minimum atomic E-state index is 0.0427. The number of fused-ring (bicyclic) bond motifs is 4. The maximum Gasteiger partial charge on any atom is 0.260 e. The van der Waals surface area contributed by atoms with E-state index in [1.165, 1.54) is 27.8 Å². The van der Waals surface area contributed by atoms with E-state index in [1.54, 1.807) is 11.3 Å². The zero-order chi connectivity index (χ0) is 20.7.